The number of amides is 4. The number of carbonyl (C=O) groups is 8. The van der Waals surface area contributed by atoms with Crippen LogP contribution in [0, 0.1) is 20.8 Å². The van der Waals surface area contributed by atoms with Crippen molar-refractivity contribution < 1.29 is 125 Å². The Kier molecular flexibility index (Phi) is 36.3. The van der Waals surface area contributed by atoms with Gasteiger partial charge in [-0.25, -0.2) is 4.79 Å². The minimum Gasteiger partial charge on any atom is -1.00 e. The first-order valence-electron chi connectivity index (χ1n) is 44.9. The zero-order valence-corrected chi connectivity index (χ0v) is 83.3. The molecule has 1 saturated heterocycles. The molecule has 1 aliphatic heterocycles. The van der Waals surface area contributed by atoms with E-state index in [9.17, 15) is 53.7 Å². The molecule has 689 valence electrons. The van der Waals surface area contributed by atoms with E-state index in [1.807, 2.05) is 133 Å². The summed E-state index contributed by atoms with van der Waals surface area (Å²) in [7, 11) is 0. The number of fused-ring (bicyclic) bond motifs is 21. The topological polar surface area (TPSA) is 295 Å². The van der Waals surface area contributed by atoms with Crippen LogP contribution < -0.4 is 81.2 Å². The largest absolute Gasteiger partial charge is 1.00 e. The van der Waals surface area contributed by atoms with Gasteiger partial charge in [0.1, 0.15) is 12.9 Å². The maximum Gasteiger partial charge on any atom is 1.00 e. The predicted octanol–water partition coefficient (Wildman–Crippen LogP) is 16.7. The van der Waals surface area contributed by atoms with Gasteiger partial charge in [-0.15, -0.1) is 0 Å². The number of nitrogens with two attached hydrogens (primary N) is 2. The van der Waals surface area contributed by atoms with Crippen molar-refractivity contribution in [1.82, 2.24) is 5.06 Å². The van der Waals surface area contributed by atoms with Gasteiger partial charge >= 0.3 is 65.3 Å². The minimum absolute atomic E-state index is 0. The Bertz CT molecular complexity index is 6710. The number of nitrogens with one attached hydrogen (secondary N) is 2. The molecule has 5 atom stereocenters. The molecule has 22 rings (SSSR count). The number of imide groups is 1. The number of aryl methyl sites for hydroxylation is 3. The van der Waals surface area contributed by atoms with Crippen molar-refractivity contribution in [3.63, 3.8) is 0 Å². The van der Waals surface area contributed by atoms with Crippen molar-refractivity contribution in [3.8, 4) is 77.9 Å². The molecule has 23 heteroatoms. The monoisotopic (exact) mass is 1890 g/mol. The molecule has 3 radical (unpaired) electrons. The number of aliphatic hydroxyl groups excluding tert-OH is 3. The third kappa shape index (κ3) is 23.5. The maximum atomic E-state index is 12.2. The van der Waals surface area contributed by atoms with Crippen LogP contribution in [-0.2, 0) is 56.0 Å². The molecular weight excluding hydrogens is 1780 g/mol. The zero-order valence-electron chi connectivity index (χ0n) is 79.7. The van der Waals surface area contributed by atoms with Gasteiger partial charge in [0.25, 0.3) is 11.8 Å². The molecule has 4 amide bonds. The van der Waals surface area contributed by atoms with Crippen molar-refractivity contribution in [2.75, 3.05) is 60.0 Å². The fraction of sp³-hybridized carbons (Fsp3) is 0.200. The second kappa shape index (κ2) is 47.8. The zero-order chi connectivity index (χ0) is 93.8. The number of aldehydes is 1. The summed E-state index contributed by atoms with van der Waals surface area (Å²) in [5.41, 5.74) is 52.2. The number of rotatable bonds is 15. The fourth-order valence-corrected chi connectivity index (χ4v) is 20.3. The number of ether oxygens (including phenoxy) is 1. The molecule has 1 heterocycles. The fourth-order valence-electron chi connectivity index (χ4n) is 19.2. The molecule has 0 aromatic heterocycles. The van der Waals surface area contributed by atoms with Gasteiger partial charge in [-0.05, 0) is 238 Å². The molecule has 14 aromatic rings. The van der Waals surface area contributed by atoms with Crippen LogP contribution in [0.2, 0.25) is 0 Å². The van der Waals surface area contributed by atoms with Gasteiger partial charge in [0, 0.05) is 106 Å². The maximum absolute atomic E-state index is 12.2. The first-order chi connectivity index (χ1) is 65.0. The Balaban J connectivity index is 0.000000171. The van der Waals surface area contributed by atoms with E-state index >= 15 is 0 Å². The standard InChI is InChI=1S/C24H22N2O7S.C19H19NO3S.C15H14O.C15H12O.C14H13NO.C14H12.C13H11N.CH4.B.2Na.2H/c1-14(27)34-11-10-21(28)25-15-6-7-18-16-4-2-3-5-17(16)20(19(18)12-15)13-32-24(31)33-26-22(29)8-9-23(26)30;1-12(22)24-9-8-19(23)20-13-6-7-16-14-4-2-3-5-15(14)18(11-21)17(16)10-13;2*1-10-6-7-13-11-4-2-3-5-12(11)15(9-16)14(13)8-10;15-9-5-6-12-10-3-1-2-4-11(10)14(8-16)13(12)7-9;1-10-6-7-14-12(8-10)9-11-4-2-3-5-13(11)14;14-11-5-6-13-10(8-11)7-9-3-1-2-4-12(9)13;;;;;;/h2-7,12,20H,8-11,13H2,1H3,(H,25,28);2-7,10,18,21H,8-9,11H2,1H3,(H,20,23);2-8,15-16H,9H2,1H3;2-9,15H,1H3;1-7,14,16H,8,15H2;2-8H,9H2,1H3;1-6,8H,7,14H2;1H4;;;;;/q;;;;;;;;;2*+1;2*-1. The molecule has 0 spiro atoms. The van der Waals surface area contributed by atoms with Crippen molar-refractivity contribution in [3.05, 3.63) is 392 Å². The van der Waals surface area contributed by atoms with Gasteiger partial charge in [-0.3, -0.25) is 33.6 Å². The number of hydrogen-bond donors (Lipinski definition) is 7. The molecule has 0 saturated carbocycles. The van der Waals surface area contributed by atoms with E-state index in [0.29, 0.717) is 28.7 Å². The van der Waals surface area contributed by atoms with Crippen LogP contribution in [0.3, 0.4) is 0 Å². The Morgan fingerprint density at radius 2 is 0.696 bits per heavy atom. The second-order valence-corrected chi connectivity index (χ2v) is 36.7. The number of nitrogen functional groups attached to an aromatic ring is 2. The third-order valence-corrected chi connectivity index (χ3v) is 27.0. The normalized spacial score (nSPS) is 14.9. The number of aliphatic hydroxyl groups is 3. The smallest absolute Gasteiger partial charge is 1.00 e. The van der Waals surface area contributed by atoms with Crippen LogP contribution in [-0.4, -0.2) is 113 Å². The third-order valence-electron chi connectivity index (χ3n) is 25.3. The first-order valence-corrected chi connectivity index (χ1v) is 46.9. The second-order valence-electron chi connectivity index (χ2n) is 34.2. The van der Waals surface area contributed by atoms with E-state index in [1.165, 1.54) is 125 Å². The van der Waals surface area contributed by atoms with E-state index in [0.717, 1.165) is 121 Å². The van der Waals surface area contributed by atoms with E-state index < -0.39 is 18.0 Å². The molecule has 18 nitrogen and oxygen atoms in total. The average molecular weight is 1890 g/mol. The van der Waals surface area contributed by atoms with Gasteiger partial charge in [-0.1, -0.05) is 301 Å². The molecule has 14 aromatic carbocycles. The van der Waals surface area contributed by atoms with E-state index in [1.54, 1.807) is 6.07 Å². The molecule has 8 aliphatic rings. The molecule has 7 aliphatic carbocycles. The SMILES string of the molecule is C.CC(=O)SCCC(=O)Nc1ccc2c(c1)C(CO)c1ccccc1-2.CC(=O)SCCC(=O)Nc1ccc2c(c1)C(COC(=O)ON1C(=O)CCC1=O)c1ccccc1-2.Cc1ccc2c(c1)C(C=O)c1ccccc1-2.Cc1ccc2c(c1)C(CO)c1ccccc1-2.Cc1ccc2c(c1)Cc1ccccc1-2.Nc1ccc2c(c1)C(CO)c1ccccc1-2.Nc1ccc2c(c1)Cc1ccccc1-2.[B].[H-].[H-].[Na+].[Na+]. The molecular formula is C115H109BN5Na2O13S2. The Morgan fingerprint density at radius 1 is 0.384 bits per heavy atom. The van der Waals surface area contributed by atoms with Crippen LogP contribution in [0.5, 0.6) is 0 Å². The van der Waals surface area contributed by atoms with Crippen molar-refractivity contribution >= 4 is 101 Å². The molecule has 138 heavy (non-hydrogen) atoms. The van der Waals surface area contributed by atoms with Gasteiger partial charge in [0.05, 0.1) is 25.7 Å². The van der Waals surface area contributed by atoms with Crippen molar-refractivity contribution in [2.24, 2.45) is 0 Å². The van der Waals surface area contributed by atoms with Crippen LogP contribution in [0.15, 0.2) is 297 Å². The Hall–Kier alpha value is -12.3. The Labute approximate surface area is 863 Å². The van der Waals surface area contributed by atoms with Crippen LogP contribution >= 0.6 is 23.5 Å². The summed E-state index contributed by atoms with van der Waals surface area (Å²) in [4.78, 5) is 97.7. The number of nitrogens with zero attached hydrogens (tertiary/aromatic N) is 1. The predicted molar refractivity (Wildman–Crippen MR) is 549 cm³/mol. The van der Waals surface area contributed by atoms with Crippen molar-refractivity contribution in [1.29, 1.82) is 0 Å². The summed E-state index contributed by atoms with van der Waals surface area (Å²) in [6.45, 7) is 9.55. The number of carbonyl (C=O) groups excluding carboxylic acids is 8. The first kappa shape index (κ1) is 105. The van der Waals surface area contributed by atoms with E-state index in [2.05, 4.69) is 189 Å². The summed E-state index contributed by atoms with van der Waals surface area (Å²) < 4.78 is 5.27. The van der Waals surface area contributed by atoms with Gasteiger partial charge < -0.3 is 49.8 Å². The van der Waals surface area contributed by atoms with Crippen LogP contribution in [0.1, 0.15) is 174 Å². The number of benzene rings is 14. The summed E-state index contributed by atoms with van der Waals surface area (Å²) >= 11 is 2.25. The summed E-state index contributed by atoms with van der Waals surface area (Å²) in [6, 6.07) is 101. The summed E-state index contributed by atoms with van der Waals surface area (Å²) in [5, 5.41) is 35.0. The molecule has 1 fully saturated rings. The quantitative estimate of drug-likeness (QED) is 0.0165. The number of hydroxylamine groups is 2. The van der Waals surface area contributed by atoms with Crippen LogP contribution in [0.4, 0.5) is 27.5 Å². The van der Waals surface area contributed by atoms with Gasteiger partial charge in [-0.2, -0.15) is 0 Å². The van der Waals surface area contributed by atoms with Crippen molar-refractivity contribution in [2.45, 2.75) is 110 Å². The van der Waals surface area contributed by atoms with E-state index in [-0.39, 0.29) is 175 Å². The van der Waals surface area contributed by atoms with E-state index in [4.69, 9.17) is 21.0 Å². The molecule has 0 bridgehead atoms. The molecule has 5 unspecified atom stereocenters. The molecule has 9 N–H and O–H groups in total. The number of anilines is 4. The summed E-state index contributed by atoms with van der Waals surface area (Å²) in [6.07, 6.45) is 2.53. The van der Waals surface area contributed by atoms with Gasteiger partial charge in [0.2, 0.25) is 11.8 Å². The summed E-state index contributed by atoms with van der Waals surface area (Å²) in [5.74, 6) is -0.821. The van der Waals surface area contributed by atoms with Gasteiger partial charge in [0.15, 0.2) is 10.2 Å². The minimum atomic E-state index is -1.14. The Morgan fingerprint density at radius 3 is 1.13 bits per heavy atom. The van der Waals surface area contributed by atoms with Crippen LogP contribution in [0.25, 0.3) is 77.9 Å². The number of thioether (sulfide) groups is 2. The number of hydrogen-bond acceptors (Lipinski definition) is 17. The average Bonchev–Trinajstić information content (AvgIpc) is 1.60.